The van der Waals surface area contributed by atoms with Gasteiger partial charge in [0.2, 0.25) is 10.0 Å². The zero-order chi connectivity index (χ0) is 13.9. The molecule has 3 nitrogen and oxygen atoms in total. The Morgan fingerprint density at radius 1 is 1.00 bits per heavy atom. The van der Waals surface area contributed by atoms with Crippen molar-refractivity contribution in [1.29, 1.82) is 0 Å². The van der Waals surface area contributed by atoms with Crippen molar-refractivity contribution in [2.75, 3.05) is 0 Å². The highest BCUT2D eigenvalue weighted by Gasteiger charge is 2.11. The Morgan fingerprint density at radius 3 is 2.42 bits per heavy atom. The second-order valence-corrected chi connectivity index (χ2v) is 5.33. The highest BCUT2D eigenvalue weighted by molar-refractivity contribution is 7.89. The van der Waals surface area contributed by atoms with Crippen molar-refractivity contribution in [3.05, 3.63) is 65.5 Å². The number of hydrogen-bond donors (Lipinski definition) is 1. The van der Waals surface area contributed by atoms with Crippen LogP contribution in [-0.4, -0.2) is 8.42 Å². The van der Waals surface area contributed by atoms with E-state index >= 15 is 0 Å². The topological polar surface area (TPSA) is 60.2 Å². The molecule has 2 aromatic carbocycles. The molecule has 0 aliphatic heterocycles. The molecule has 0 unspecified atom stereocenters. The molecular formula is C14H10FNO2S. The summed E-state index contributed by atoms with van der Waals surface area (Å²) in [5.74, 6) is 5.00. The van der Waals surface area contributed by atoms with Crippen LogP contribution in [0.15, 0.2) is 53.4 Å². The summed E-state index contributed by atoms with van der Waals surface area (Å²) in [6.45, 7) is 0. The second kappa shape index (κ2) is 5.22. The standard InChI is InChI=1S/C14H10FNO2S/c15-13-6-3-4-11(10-13)8-9-12-5-1-2-7-14(12)19(16,17)18/h1-7,10H,(H2,16,17,18). The van der Waals surface area contributed by atoms with E-state index in [4.69, 9.17) is 5.14 Å². The summed E-state index contributed by atoms with van der Waals surface area (Å²) in [6.07, 6.45) is 0. The van der Waals surface area contributed by atoms with Crippen LogP contribution in [0, 0.1) is 17.7 Å². The summed E-state index contributed by atoms with van der Waals surface area (Å²) in [5.41, 5.74) is 0.749. The molecule has 0 aliphatic rings. The molecule has 2 N–H and O–H groups in total. The van der Waals surface area contributed by atoms with E-state index in [1.165, 1.54) is 24.3 Å². The van der Waals surface area contributed by atoms with Gasteiger partial charge in [-0.3, -0.25) is 0 Å². The third-order valence-corrected chi connectivity index (χ3v) is 3.33. The van der Waals surface area contributed by atoms with Crippen LogP contribution in [0.5, 0.6) is 0 Å². The van der Waals surface area contributed by atoms with Gasteiger partial charge in [-0.2, -0.15) is 0 Å². The first-order valence-electron chi connectivity index (χ1n) is 5.36. The molecule has 0 heterocycles. The number of benzene rings is 2. The van der Waals surface area contributed by atoms with Crippen LogP contribution in [0.25, 0.3) is 0 Å². The zero-order valence-electron chi connectivity index (χ0n) is 9.80. The maximum Gasteiger partial charge on any atom is 0.239 e. The van der Waals surface area contributed by atoms with E-state index < -0.39 is 15.8 Å². The van der Waals surface area contributed by atoms with Gasteiger partial charge in [0, 0.05) is 11.1 Å². The van der Waals surface area contributed by atoms with Crippen molar-refractivity contribution in [1.82, 2.24) is 0 Å². The first-order valence-corrected chi connectivity index (χ1v) is 6.91. The molecule has 0 saturated heterocycles. The average Bonchev–Trinajstić information content (AvgIpc) is 2.36. The Hall–Kier alpha value is -2.16. The SMILES string of the molecule is NS(=O)(=O)c1ccccc1C#Cc1cccc(F)c1. The quantitative estimate of drug-likeness (QED) is 0.808. The summed E-state index contributed by atoms with van der Waals surface area (Å²) in [6, 6.07) is 11.9. The van der Waals surface area contributed by atoms with Gasteiger partial charge < -0.3 is 0 Å². The number of hydrogen-bond acceptors (Lipinski definition) is 2. The maximum atomic E-state index is 13.0. The van der Waals surface area contributed by atoms with Gasteiger partial charge in [0.25, 0.3) is 0 Å². The van der Waals surface area contributed by atoms with Crippen molar-refractivity contribution in [3.63, 3.8) is 0 Å². The summed E-state index contributed by atoms with van der Waals surface area (Å²) in [4.78, 5) is -0.0427. The highest BCUT2D eigenvalue weighted by Crippen LogP contribution is 2.12. The Balaban J connectivity index is 2.46. The lowest BCUT2D eigenvalue weighted by Crippen LogP contribution is -2.13. The third-order valence-electron chi connectivity index (χ3n) is 2.36. The summed E-state index contributed by atoms with van der Waals surface area (Å²) in [7, 11) is -3.82. The second-order valence-electron chi connectivity index (χ2n) is 3.80. The van der Waals surface area contributed by atoms with E-state index in [2.05, 4.69) is 11.8 Å². The molecule has 0 radical (unpaired) electrons. The van der Waals surface area contributed by atoms with Crippen LogP contribution in [0.3, 0.4) is 0 Å². The predicted octanol–water partition coefficient (Wildman–Crippen LogP) is 1.87. The fourth-order valence-corrected chi connectivity index (χ4v) is 2.22. The maximum absolute atomic E-state index is 13.0. The van der Waals surface area contributed by atoms with Crippen molar-refractivity contribution in [2.24, 2.45) is 5.14 Å². The highest BCUT2D eigenvalue weighted by atomic mass is 32.2. The number of primary sulfonamides is 1. The Labute approximate surface area is 110 Å². The smallest absolute Gasteiger partial charge is 0.225 e. The fraction of sp³-hybridized carbons (Fsp3) is 0. The van der Waals surface area contributed by atoms with Crippen LogP contribution < -0.4 is 5.14 Å². The van der Waals surface area contributed by atoms with E-state index in [0.29, 0.717) is 5.56 Å². The van der Waals surface area contributed by atoms with Crippen molar-refractivity contribution >= 4 is 10.0 Å². The summed E-state index contributed by atoms with van der Waals surface area (Å²) < 4.78 is 35.7. The van der Waals surface area contributed by atoms with Gasteiger partial charge in [-0.05, 0) is 30.3 Å². The molecule has 5 heteroatoms. The normalized spacial score (nSPS) is 10.6. The summed E-state index contributed by atoms with van der Waals surface area (Å²) >= 11 is 0. The van der Waals surface area contributed by atoms with Gasteiger partial charge in [0.15, 0.2) is 0 Å². The molecule has 0 amide bonds. The minimum Gasteiger partial charge on any atom is -0.225 e. The van der Waals surface area contributed by atoms with Crippen molar-refractivity contribution in [2.45, 2.75) is 4.90 Å². The first-order chi connectivity index (χ1) is 8.97. The lowest BCUT2D eigenvalue weighted by atomic mass is 10.2. The molecule has 2 aromatic rings. The first kappa shape index (κ1) is 13.3. The van der Waals surface area contributed by atoms with E-state index in [0.717, 1.165) is 0 Å². The number of halogens is 1. The number of nitrogens with two attached hydrogens (primary N) is 1. The van der Waals surface area contributed by atoms with Crippen LogP contribution in [0.2, 0.25) is 0 Å². The largest absolute Gasteiger partial charge is 0.239 e. The molecule has 2 rings (SSSR count). The molecule has 0 bridgehead atoms. The monoisotopic (exact) mass is 275 g/mol. The van der Waals surface area contributed by atoms with Crippen molar-refractivity contribution < 1.29 is 12.8 Å². The van der Waals surface area contributed by atoms with Crippen LogP contribution in [0.4, 0.5) is 4.39 Å². The molecule has 0 aliphatic carbocycles. The minimum atomic E-state index is -3.82. The number of rotatable bonds is 1. The van der Waals surface area contributed by atoms with Gasteiger partial charge in [-0.1, -0.05) is 30.0 Å². The van der Waals surface area contributed by atoms with E-state index in [1.807, 2.05) is 0 Å². The van der Waals surface area contributed by atoms with Gasteiger partial charge in [-0.25, -0.2) is 17.9 Å². The molecular weight excluding hydrogens is 265 g/mol. The molecule has 0 spiro atoms. The minimum absolute atomic E-state index is 0.0427. The molecule has 96 valence electrons. The van der Waals surface area contributed by atoms with E-state index in [1.54, 1.807) is 24.3 Å². The molecule has 19 heavy (non-hydrogen) atoms. The third kappa shape index (κ3) is 3.41. The van der Waals surface area contributed by atoms with Gasteiger partial charge in [-0.15, -0.1) is 0 Å². The fourth-order valence-electron chi connectivity index (χ4n) is 1.52. The van der Waals surface area contributed by atoms with Crippen molar-refractivity contribution in [3.8, 4) is 11.8 Å². The van der Waals surface area contributed by atoms with Gasteiger partial charge in [0.05, 0.1) is 4.90 Å². The van der Waals surface area contributed by atoms with Crippen LogP contribution >= 0.6 is 0 Å². The Bertz CT molecular complexity index is 773. The summed E-state index contributed by atoms with van der Waals surface area (Å²) in [5, 5.41) is 5.10. The lowest BCUT2D eigenvalue weighted by Gasteiger charge is -2.00. The molecule has 0 fully saturated rings. The van der Waals surface area contributed by atoms with Gasteiger partial charge in [0.1, 0.15) is 5.82 Å². The van der Waals surface area contributed by atoms with E-state index in [9.17, 15) is 12.8 Å². The molecule has 0 atom stereocenters. The Kier molecular flexibility index (Phi) is 3.65. The number of sulfonamides is 1. The Morgan fingerprint density at radius 2 is 1.74 bits per heavy atom. The average molecular weight is 275 g/mol. The zero-order valence-corrected chi connectivity index (χ0v) is 10.6. The lowest BCUT2D eigenvalue weighted by molar-refractivity contribution is 0.597. The molecule has 0 saturated carbocycles. The van der Waals surface area contributed by atoms with Crippen LogP contribution in [-0.2, 0) is 10.0 Å². The van der Waals surface area contributed by atoms with E-state index in [-0.39, 0.29) is 10.5 Å². The predicted molar refractivity (Wildman–Crippen MR) is 70.2 cm³/mol. The van der Waals surface area contributed by atoms with Gasteiger partial charge >= 0.3 is 0 Å². The van der Waals surface area contributed by atoms with Crippen LogP contribution in [0.1, 0.15) is 11.1 Å². The molecule has 0 aromatic heterocycles.